The number of hydrogen-bond donors (Lipinski definition) is 2. The molecule has 8 heteroatoms. The highest BCUT2D eigenvalue weighted by Crippen LogP contribution is 2.26. The Bertz CT molecular complexity index is 708. The molecular weight excluding hydrogens is 286 g/mol. The Balaban J connectivity index is 2.24. The van der Waals surface area contributed by atoms with Gasteiger partial charge >= 0.3 is 0 Å². The second-order valence-corrected chi connectivity index (χ2v) is 6.51. The molecule has 0 radical (unpaired) electrons. The number of hydrogen-bond acceptors (Lipinski definition) is 5. The number of nitrogens with one attached hydrogen (secondary N) is 1. The van der Waals surface area contributed by atoms with Crippen LogP contribution in [0.4, 0.5) is 5.13 Å². The number of primary sulfonamides is 1. The van der Waals surface area contributed by atoms with Crippen LogP contribution in [0.2, 0.25) is 0 Å². The molecule has 1 amide bonds. The van der Waals surface area contributed by atoms with E-state index in [2.05, 4.69) is 10.3 Å². The van der Waals surface area contributed by atoms with Crippen LogP contribution < -0.4 is 10.5 Å². The fourth-order valence-corrected chi connectivity index (χ4v) is 3.31. The third kappa shape index (κ3) is 3.16. The molecule has 0 saturated carbocycles. The summed E-state index contributed by atoms with van der Waals surface area (Å²) in [5.74, 6) is -0.352. The zero-order chi connectivity index (χ0) is 14.0. The van der Waals surface area contributed by atoms with Gasteiger partial charge in [-0.25, -0.2) is 18.5 Å². The highest BCUT2D eigenvalue weighted by molar-refractivity contribution is 7.91. The molecular formula is C11H11N3O3S2. The zero-order valence-corrected chi connectivity index (χ0v) is 11.6. The van der Waals surface area contributed by atoms with Crippen LogP contribution in [-0.4, -0.2) is 19.3 Å². The maximum absolute atomic E-state index is 11.9. The molecule has 0 saturated heterocycles. The number of carbonyl (C=O) groups is 1. The summed E-state index contributed by atoms with van der Waals surface area (Å²) in [6.45, 7) is 1.52. The van der Waals surface area contributed by atoms with E-state index in [0.717, 1.165) is 11.3 Å². The summed E-state index contributed by atoms with van der Waals surface area (Å²) in [4.78, 5) is 15.8. The number of carbonyl (C=O) groups excluding carboxylic acids is 1. The zero-order valence-electron chi connectivity index (χ0n) is 9.95. The van der Waals surface area contributed by atoms with E-state index in [1.807, 2.05) is 0 Å². The molecule has 1 aromatic carbocycles. The summed E-state index contributed by atoms with van der Waals surface area (Å²) in [6, 6.07) is 8.56. The van der Waals surface area contributed by atoms with E-state index in [0.29, 0.717) is 5.56 Å². The minimum atomic E-state index is -3.81. The lowest BCUT2D eigenvalue weighted by Crippen LogP contribution is -2.11. The molecule has 6 nitrogen and oxygen atoms in total. The molecule has 2 rings (SSSR count). The average molecular weight is 297 g/mol. The Kier molecular flexibility index (Phi) is 3.65. The van der Waals surface area contributed by atoms with E-state index >= 15 is 0 Å². The smallest absolute Gasteiger partial charge is 0.257 e. The molecule has 100 valence electrons. The van der Waals surface area contributed by atoms with Crippen LogP contribution in [0.15, 0.2) is 34.5 Å². The van der Waals surface area contributed by atoms with Crippen molar-refractivity contribution in [1.82, 2.24) is 4.98 Å². The monoisotopic (exact) mass is 297 g/mol. The summed E-state index contributed by atoms with van der Waals surface area (Å²) in [5, 5.41) is 7.79. The molecule has 0 atom stereocenters. The van der Waals surface area contributed by atoms with Crippen molar-refractivity contribution < 1.29 is 13.2 Å². The van der Waals surface area contributed by atoms with E-state index in [1.165, 1.54) is 6.92 Å². The van der Waals surface area contributed by atoms with Crippen LogP contribution in [0.5, 0.6) is 0 Å². The summed E-state index contributed by atoms with van der Waals surface area (Å²) < 4.78 is 22.5. The first kappa shape index (κ1) is 13.7. The number of aryl methyl sites for hydroxylation is 1. The van der Waals surface area contributed by atoms with Crippen LogP contribution >= 0.6 is 11.3 Å². The largest absolute Gasteiger partial charge is 0.298 e. The van der Waals surface area contributed by atoms with Gasteiger partial charge in [-0.3, -0.25) is 10.1 Å². The number of amides is 1. The third-order valence-electron chi connectivity index (χ3n) is 2.27. The first-order valence-electron chi connectivity index (χ1n) is 5.24. The molecule has 19 heavy (non-hydrogen) atoms. The minimum Gasteiger partial charge on any atom is -0.298 e. The topological polar surface area (TPSA) is 102 Å². The van der Waals surface area contributed by atoms with E-state index in [9.17, 15) is 13.2 Å². The van der Waals surface area contributed by atoms with E-state index in [1.54, 1.807) is 30.3 Å². The normalized spacial score (nSPS) is 11.3. The van der Waals surface area contributed by atoms with Crippen LogP contribution in [0, 0.1) is 6.92 Å². The second-order valence-electron chi connectivity index (χ2n) is 3.76. The molecule has 2 aromatic rings. The Morgan fingerprint density at radius 2 is 1.95 bits per heavy atom. The lowest BCUT2D eigenvalue weighted by molar-refractivity contribution is 0.102. The van der Waals surface area contributed by atoms with Gasteiger partial charge in [-0.15, -0.1) is 0 Å². The van der Waals surface area contributed by atoms with Crippen molar-refractivity contribution >= 4 is 32.4 Å². The predicted octanol–water partition coefficient (Wildman–Crippen LogP) is 1.35. The summed E-state index contributed by atoms with van der Waals surface area (Å²) in [5.41, 5.74) is 0.739. The maximum Gasteiger partial charge on any atom is 0.257 e. The average Bonchev–Trinajstić information content (AvgIpc) is 2.71. The SMILES string of the molecule is Cc1nc(NC(=O)c2ccccc2)sc1S(N)(=O)=O. The number of benzene rings is 1. The third-order valence-corrected chi connectivity index (χ3v) is 4.90. The molecule has 1 aromatic heterocycles. The minimum absolute atomic E-state index is 0.0455. The van der Waals surface area contributed by atoms with Crippen LogP contribution in [0.3, 0.4) is 0 Å². The number of aromatic nitrogens is 1. The standard InChI is InChI=1S/C11H11N3O3S2/c1-7-10(19(12,16)17)18-11(13-7)14-9(15)8-5-3-2-4-6-8/h2-6H,1H3,(H2,12,16,17)(H,13,14,15). The molecule has 0 spiro atoms. The van der Waals surface area contributed by atoms with Crippen molar-refractivity contribution in [2.24, 2.45) is 5.14 Å². The maximum atomic E-state index is 11.9. The van der Waals surface area contributed by atoms with Crippen molar-refractivity contribution in [3.8, 4) is 0 Å². The highest BCUT2D eigenvalue weighted by Gasteiger charge is 2.18. The Labute approximate surface area is 114 Å². The number of anilines is 1. The number of thiazole rings is 1. The Morgan fingerprint density at radius 1 is 1.32 bits per heavy atom. The van der Waals surface area contributed by atoms with Crippen LogP contribution in [0.1, 0.15) is 16.1 Å². The first-order chi connectivity index (χ1) is 8.88. The van der Waals surface area contributed by atoms with E-state index in [4.69, 9.17) is 5.14 Å². The predicted molar refractivity (Wildman–Crippen MR) is 72.6 cm³/mol. The summed E-state index contributed by atoms with van der Waals surface area (Å²) in [6.07, 6.45) is 0. The summed E-state index contributed by atoms with van der Waals surface area (Å²) in [7, 11) is -3.81. The molecule has 0 bridgehead atoms. The van der Waals surface area contributed by atoms with E-state index < -0.39 is 10.0 Å². The van der Waals surface area contributed by atoms with Gasteiger partial charge < -0.3 is 0 Å². The lowest BCUT2D eigenvalue weighted by Gasteiger charge is -2.00. The quantitative estimate of drug-likeness (QED) is 0.892. The van der Waals surface area contributed by atoms with Gasteiger partial charge in [-0.1, -0.05) is 29.5 Å². The fourth-order valence-electron chi connectivity index (χ4n) is 1.46. The molecule has 0 aliphatic heterocycles. The van der Waals surface area contributed by atoms with Gasteiger partial charge in [0, 0.05) is 5.56 Å². The van der Waals surface area contributed by atoms with Gasteiger partial charge in [0.15, 0.2) is 9.34 Å². The lowest BCUT2D eigenvalue weighted by atomic mass is 10.2. The van der Waals surface area contributed by atoms with Gasteiger partial charge in [0.05, 0.1) is 5.69 Å². The Hall–Kier alpha value is -1.77. The van der Waals surface area contributed by atoms with Crippen molar-refractivity contribution in [2.45, 2.75) is 11.1 Å². The van der Waals surface area contributed by atoms with Crippen molar-refractivity contribution in [2.75, 3.05) is 5.32 Å². The van der Waals surface area contributed by atoms with Crippen molar-refractivity contribution in [1.29, 1.82) is 0 Å². The fraction of sp³-hybridized carbons (Fsp3) is 0.0909. The molecule has 3 N–H and O–H groups in total. The van der Waals surface area contributed by atoms with Gasteiger partial charge in [0.2, 0.25) is 10.0 Å². The molecule has 0 aliphatic carbocycles. The molecule has 0 unspecified atom stereocenters. The van der Waals surface area contributed by atoms with Gasteiger partial charge in [0.1, 0.15) is 0 Å². The van der Waals surface area contributed by atoms with Gasteiger partial charge in [-0.05, 0) is 19.1 Å². The summed E-state index contributed by atoms with van der Waals surface area (Å²) >= 11 is 0.833. The first-order valence-corrected chi connectivity index (χ1v) is 7.61. The number of sulfonamides is 1. The number of nitrogens with zero attached hydrogens (tertiary/aromatic N) is 1. The van der Waals surface area contributed by atoms with E-state index in [-0.39, 0.29) is 20.9 Å². The Morgan fingerprint density at radius 3 is 2.47 bits per heavy atom. The molecule has 1 heterocycles. The highest BCUT2D eigenvalue weighted by atomic mass is 32.2. The van der Waals surface area contributed by atoms with Gasteiger partial charge in [-0.2, -0.15) is 0 Å². The molecule has 0 fully saturated rings. The number of nitrogens with two attached hydrogens (primary N) is 1. The van der Waals surface area contributed by atoms with Crippen molar-refractivity contribution in [3.05, 3.63) is 41.6 Å². The number of rotatable bonds is 3. The van der Waals surface area contributed by atoms with Crippen LogP contribution in [-0.2, 0) is 10.0 Å². The molecule has 0 aliphatic rings. The van der Waals surface area contributed by atoms with Gasteiger partial charge in [0.25, 0.3) is 5.91 Å². The van der Waals surface area contributed by atoms with Crippen molar-refractivity contribution in [3.63, 3.8) is 0 Å². The van der Waals surface area contributed by atoms with Crippen LogP contribution in [0.25, 0.3) is 0 Å². The second kappa shape index (κ2) is 5.08.